The molecule has 0 saturated carbocycles. The molecule has 0 unspecified atom stereocenters. The molecule has 30 heavy (non-hydrogen) atoms. The maximum Gasteiger partial charge on any atom is 0.356 e. The van der Waals surface area contributed by atoms with Crippen LogP contribution in [0, 0.1) is 0 Å². The van der Waals surface area contributed by atoms with E-state index in [2.05, 4.69) is 10.3 Å². The molecule has 0 aliphatic heterocycles. The summed E-state index contributed by atoms with van der Waals surface area (Å²) in [6, 6.07) is 3.18. The van der Waals surface area contributed by atoms with Crippen LogP contribution < -0.4 is 14.8 Å². The zero-order valence-electron chi connectivity index (χ0n) is 15.8. The van der Waals surface area contributed by atoms with Crippen LogP contribution in [0.25, 0.3) is 10.9 Å². The second kappa shape index (κ2) is 10.5. The number of aromatic nitrogens is 1. The maximum absolute atomic E-state index is 12.7. The van der Waals surface area contributed by atoms with Crippen molar-refractivity contribution in [1.82, 2.24) is 4.98 Å². The molecule has 0 atom stereocenters. The van der Waals surface area contributed by atoms with Crippen LogP contribution in [0.2, 0.25) is 0 Å². The van der Waals surface area contributed by atoms with Crippen molar-refractivity contribution in [3.63, 3.8) is 0 Å². The van der Waals surface area contributed by atoms with Crippen LogP contribution in [0.15, 0.2) is 31.7 Å². The van der Waals surface area contributed by atoms with E-state index in [9.17, 15) is 9.59 Å². The van der Waals surface area contributed by atoms with Gasteiger partial charge in [0.05, 0.1) is 42.1 Å². The van der Waals surface area contributed by atoms with Crippen molar-refractivity contribution in [3.05, 3.63) is 37.4 Å². The van der Waals surface area contributed by atoms with E-state index in [1.54, 1.807) is 19.1 Å². The zero-order chi connectivity index (χ0) is 22.6. The highest BCUT2D eigenvalue weighted by Gasteiger charge is 2.25. The van der Waals surface area contributed by atoms with Crippen LogP contribution in [0.1, 0.15) is 17.4 Å². The normalized spacial score (nSPS) is 11.6. The second-order valence-corrected chi connectivity index (χ2v) is 7.59. The number of ether oxygens (including phenoxy) is 3. The predicted octanol–water partition coefficient (Wildman–Crippen LogP) is 5.88. The van der Waals surface area contributed by atoms with Crippen LogP contribution in [0.3, 0.4) is 0 Å². The molecule has 0 radical (unpaired) electrons. The lowest BCUT2D eigenvalue weighted by molar-refractivity contribution is -0.112. The first-order chi connectivity index (χ1) is 14.2. The fourth-order valence-electron chi connectivity index (χ4n) is 2.45. The molecule has 12 heteroatoms. The predicted molar refractivity (Wildman–Crippen MR) is 119 cm³/mol. The number of halogens is 5. The van der Waals surface area contributed by atoms with Gasteiger partial charge in [0, 0.05) is 11.5 Å². The van der Waals surface area contributed by atoms with Crippen molar-refractivity contribution in [2.45, 2.75) is 6.92 Å². The number of aromatic amines is 1. The number of nitrogens with one attached hydrogen (secondary N) is 2. The van der Waals surface area contributed by atoms with E-state index in [1.165, 1.54) is 14.2 Å². The van der Waals surface area contributed by atoms with Crippen molar-refractivity contribution in [2.75, 3.05) is 26.1 Å². The number of hydrogen-bond acceptors (Lipinski definition) is 5. The Bertz CT molecular complexity index is 1060. The lowest BCUT2D eigenvalue weighted by Gasteiger charge is -2.10. The van der Waals surface area contributed by atoms with Gasteiger partial charge in [-0.1, -0.05) is 58.0 Å². The fourth-order valence-corrected chi connectivity index (χ4v) is 3.21. The molecule has 1 amide bonds. The van der Waals surface area contributed by atoms with Crippen molar-refractivity contribution < 1.29 is 23.8 Å². The number of H-pyrrole nitrogens is 1. The topological polar surface area (TPSA) is 89.7 Å². The molecule has 0 aliphatic carbocycles. The first-order valence-corrected chi connectivity index (χ1v) is 10.1. The molecule has 2 rings (SSSR count). The van der Waals surface area contributed by atoms with E-state index >= 15 is 0 Å². The average Bonchev–Trinajstić information content (AvgIpc) is 3.08. The van der Waals surface area contributed by atoms with Gasteiger partial charge in [0.1, 0.15) is 15.2 Å². The van der Waals surface area contributed by atoms with Gasteiger partial charge in [-0.3, -0.25) is 4.79 Å². The van der Waals surface area contributed by atoms with E-state index in [0.29, 0.717) is 22.4 Å². The molecule has 0 spiro atoms. The molecule has 0 saturated heterocycles. The Kier molecular flexibility index (Phi) is 8.58. The minimum Gasteiger partial charge on any atom is -0.493 e. The first-order valence-electron chi connectivity index (χ1n) is 8.18. The standard InChI is InChI=1S/C18H15Cl5N2O5/c1-4-30-18(27)15-14(25-17(26)13(21)11(19)12(20)16(22)23)7-5-9(28-2)10(29-3)6-8(7)24-15/h5-6,24H,4H2,1-3H3,(H,25,26). The highest BCUT2D eigenvalue weighted by Crippen LogP contribution is 2.38. The summed E-state index contributed by atoms with van der Waals surface area (Å²) in [7, 11) is 2.91. The minimum atomic E-state index is -0.865. The number of carbonyl (C=O) groups excluding carboxylic acids is 2. The number of rotatable bonds is 7. The lowest BCUT2D eigenvalue weighted by atomic mass is 10.2. The van der Waals surface area contributed by atoms with Crippen molar-refractivity contribution in [2.24, 2.45) is 0 Å². The Hall–Kier alpha value is -1.77. The highest BCUT2D eigenvalue weighted by molar-refractivity contribution is 6.62. The van der Waals surface area contributed by atoms with E-state index in [-0.39, 0.29) is 32.5 Å². The molecule has 162 valence electrons. The number of hydrogen-bond donors (Lipinski definition) is 2. The third kappa shape index (κ3) is 5.10. The number of fused-ring (bicyclic) bond motifs is 1. The molecule has 0 aliphatic rings. The summed E-state index contributed by atoms with van der Waals surface area (Å²) in [6.07, 6.45) is 0. The van der Waals surface area contributed by atoms with E-state index in [1.807, 2.05) is 0 Å². The van der Waals surface area contributed by atoms with Gasteiger partial charge in [-0.25, -0.2) is 4.79 Å². The second-order valence-electron chi connectivity index (χ2n) is 5.50. The smallest absolute Gasteiger partial charge is 0.356 e. The zero-order valence-corrected chi connectivity index (χ0v) is 19.6. The molecular formula is C18H15Cl5N2O5. The summed E-state index contributed by atoms with van der Waals surface area (Å²) in [5.41, 5.74) is 0.543. The van der Waals surface area contributed by atoms with Crippen molar-refractivity contribution in [1.29, 1.82) is 0 Å². The maximum atomic E-state index is 12.7. The monoisotopic (exact) mass is 514 g/mol. The van der Waals surface area contributed by atoms with Crippen LogP contribution in [-0.2, 0) is 9.53 Å². The van der Waals surface area contributed by atoms with Gasteiger partial charge < -0.3 is 24.5 Å². The van der Waals surface area contributed by atoms with Gasteiger partial charge in [0.25, 0.3) is 5.91 Å². The van der Waals surface area contributed by atoms with Crippen molar-refractivity contribution in [3.8, 4) is 11.5 Å². The summed E-state index contributed by atoms with van der Waals surface area (Å²) >= 11 is 28.9. The van der Waals surface area contributed by atoms with E-state index < -0.39 is 16.9 Å². The van der Waals surface area contributed by atoms with Crippen LogP contribution in [0.4, 0.5) is 5.69 Å². The van der Waals surface area contributed by atoms with E-state index in [4.69, 9.17) is 72.2 Å². The molecule has 0 fully saturated rings. The first kappa shape index (κ1) is 24.5. The van der Waals surface area contributed by atoms with E-state index in [0.717, 1.165) is 0 Å². The Labute approximate surface area is 196 Å². The molecule has 2 aromatic rings. The molecule has 1 aromatic heterocycles. The van der Waals surface area contributed by atoms with Gasteiger partial charge in [0.15, 0.2) is 11.5 Å². The summed E-state index contributed by atoms with van der Waals surface area (Å²) < 4.78 is 15.2. The summed E-state index contributed by atoms with van der Waals surface area (Å²) in [5.74, 6) is -0.783. The highest BCUT2D eigenvalue weighted by atomic mass is 35.5. The van der Waals surface area contributed by atoms with Gasteiger partial charge in [-0.15, -0.1) is 0 Å². The minimum absolute atomic E-state index is 0.0203. The molecule has 2 N–H and O–H groups in total. The third-order valence-corrected chi connectivity index (χ3v) is 5.65. The fraction of sp³-hybridized carbons (Fsp3) is 0.222. The number of allylic oxidation sites excluding steroid dienone is 2. The Morgan fingerprint density at radius 2 is 1.57 bits per heavy atom. The number of amides is 1. The van der Waals surface area contributed by atoms with Gasteiger partial charge >= 0.3 is 5.97 Å². The largest absolute Gasteiger partial charge is 0.493 e. The molecular weight excluding hydrogens is 501 g/mol. The number of esters is 1. The molecule has 1 aromatic carbocycles. The summed E-state index contributed by atoms with van der Waals surface area (Å²) in [4.78, 5) is 28.0. The quantitative estimate of drug-likeness (QED) is 0.273. The Balaban J connectivity index is 2.64. The lowest BCUT2D eigenvalue weighted by Crippen LogP contribution is -2.16. The molecule has 7 nitrogen and oxygen atoms in total. The number of anilines is 1. The Morgan fingerprint density at radius 3 is 2.10 bits per heavy atom. The SMILES string of the molecule is CCOC(=O)c1[nH]c2cc(OC)c(OC)cc2c1NC(=O)C(Cl)=C(Cl)C(Cl)=C(Cl)Cl. The van der Waals surface area contributed by atoms with Gasteiger partial charge in [0.2, 0.25) is 0 Å². The number of methoxy groups -OCH3 is 2. The molecule has 1 heterocycles. The van der Waals surface area contributed by atoms with Crippen molar-refractivity contribution >= 4 is 86.5 Å². The molecule has 0 bridgehead atoms. The van der Waals surface area contributed by atoms with Crippen LogP contribution in [-0.4, -0.2) is 37.7 Å². The number of benzene rings is 1. The number of carbonyl (C=O) groups is 2. The van der Waals surface area contributed by atoms with Gasteiger partial charge in [-0.2, -0.15) is 0 Å². The third-order valence-electron chi connectivity index (χ3n) is 3.77. The summed E-state index contributed by atoms with van der Waals surface area (Å²) in [5, 5.41) is 1.79. The van der Waals surface area contributed by atoms with Crippen LogP contribution in [0.5, 0.6) is 11.5 Å². The van der Waals surface area contributed by atoms with Crippen LogP contribution >= 0.6 is 58.0 Å². The Morgan fingerprint density at radius 1 is 0.967 bits per heavy atom. The van der Waals surface area contributed by atoms with Gasteiger partial charge in [-0.05, 0) is 13.0 Å². The average molecular weight is 517 g/mol. The summed E-state index contributed by atoms with van der Waals surface area (Å²) in [6.45, 7) is 1.77.